The first-order valence-corrected chi connectivity index (χ1v) is 8.42. The Balaban J connectivity index is 1.58. The van der Waals surface area contributed by atoms with Gasteiger partial charge in [0.15, 0.2) is 0 Å². The molecule has 24 heavy (non-hydrogen) atoms. The lowest BCUT2D eigenvalue weighted by molar-refractivity contribution is -0.135. The van der Waals surface area contributed by atoms with Gasteiger partial charge in [0, 0.05) is 26.2 Å². The molecule has 2 unspecified atom stereocenters. The van der Waals surface area contributed by atoms with E-state index in [-0.39, 0.29) is 23.7 Å². The Morgan fingerprint density at radius 1 is 1.17 bits per heavy atom. The zero-order chi connectivity index (χ0) is 17.3. The molecule has 1 heterocycles. The average Bonchev–Trinajstić information content (AvgIpc) is 3.36. The molecule has 2 amide bonds. The van der Waals surface area contributed by atoms with E-state index in [2.05, 4.69) is 17.3 Å². The van der Waals surface area contributed by atoms with Crippen molar-refractivity contribution in [1.29, 1.82) is 0 Å². The second-order valence-electron chi connectivity index (χ2n) is 6.77. The van der Waals surface area contributed by atoms with E-state index in [0.29, 0.717) is 17.9 Å². The zero-order valence-electron chi connectivity index (χ0n) is 14.5. The maximum atomic E-state index is 12.5. The molecule has 6 nitrogen and oxygen atoms in total. The number of ether oxygens (including phenoxy) is 1. The van der Waals surface area contributed by atoms with Gasteiger partial charge in [0.05, 0.1) is 24.6 Å². The van der Waals surface area contributed by atoms with Gasteiger partial charge in [-0.1, -0.05) is 6.07 Å². The second kappa shape index (κ2) is 6.81. The molecule has 0 spiro atoms. The van der Waals surface area contributed by atoms with Gasteiger partial charge in [-0.25, -0.2) is 0 Å². The molecular formula is C18H25N3O3. The summed E-state index contributed by atoms with van der Waals surface area (Å²) >= 11 is 0. The van der Waals surface area contributed by atoms with Crippen molar-refractivity contribution in [2.45, 2.75) is 13.3 Å². The predicted molar refractivity (Wildman–Crippen MR) is 92.0 cm³/mol. The van der Waals surface area contributed by atoms with Gasteiger partial charge in [-0.2, -0.15) is 0 Å². The van der Waals surface area contributed by atoms with Gasteiger partial charge in [-0.15, -0.1) is 0 Å². The van der Waals surface area contributed by atoms with Crippen LogP contribution in [-0.4, -0.2) is 62.0 Å². The molecule has 3 rings (SSSR count). The number of aryl methyl sites for hydroxylation is 1. The number of piperazine rings is 1. The smallest absolute Gasteiger partial charge is 0.228 e. The van der Waals surface area contributed by atoms with Crippen molar-refractivity contribution in [2.75, 3.05) is 45.7 Å². The number of nitrogens with zero attached hydrogens (tertiary/aromatic N) is 2. The van der Waals surface area contributed by atoms with Crippen LogP contribution in [-0.2, 0) is 9.59 Å². The molecule has 1 aromatic carbocycles. The van der Waals surface area contributed by atoms with Crippen LogP contribution < -0.4 is 10.1 Å². The van der Waals surface area contributed by atoms with Crippen LogP contribution in [0.3, 0.4) is 0 Å². The first-order valence-electron chi connectivity index (χ1n) is 8.42. The highest BCUT2D eigenvalue weighted by Gasteiger charge is 2.49. The normalized spacial score (nSPS) is 23.7. The Morgan fingerprint density at radius 3 is 2.54 bits per heavy atom. The maximum Gasteiger partial charge on any atom is 0.228 e. The fraction of sp³-hybridized carbons (Fsp3) is 0.556. The molecule has 1 saturated carbocycles. The number of carbonyl (C=O) groups excluding carboxylic acids is 2. The highest BCUT2D eigenvalue weighted by molar-refractivity contribution is 6.00. The van der Waals surface area contributed by atoms with Gasteiger partial charge in [0.2, 0.25) is 11.8 Å². The molecule has 1 aliphatic heterocycles. The van der Waals surface area contributed by atoms with Gasteiger partial charge in [-0.05, 0) is 38.1 Å². The fourth-order valence-electron chi connectivity index (χ4n) is 3.16. The third-order valence-corrected chi connectivity index (χ3v) is 4.87. The average molecular weight is 331 g/mol. The Morgan fingerprint density at radius 2 is 1.88 bits per heavy atom. The SMILES string of the molecule is COc1ccc(C)cc1NC(=O)C1CC1C(=O)N1CCN(C)CC1. The number of amides is 2. The monoisotopic (exact) mass is 331 g/mol. The third-order valence-electron chi connectivity index (χ3n) is 4.87. The van der Waals surface area contributed by atoms with E-state index < -0.39 is 0 Å². The van der Waals surface area contributed by atoms with Gasteiger partial charge < -0.3 is 19.9 Å². The van der Waals surface area contributed by atoms with Crippen molar-refractivity contribution in [3.05, 3.63) is 23.8 Å². The molecule has 1 aromatic rings. The molecule has 0 bridgehead atoms. The molecule has 0 radical (unpaired) electrons. The maximum absolute atomic E-state index is 12.5. The number of hydrogen-bond acceptors (Lipinski definition) is 4. The van der Waals surface area contributed by atoms with Crippen molar-refractivity contribution < 1.29 is 14.3 Å². The quantitative estimate of drug-likeness (QED) is 0.905. The highest BCUT2D eigenvalue weighted by Crippen LogP contribution is 2.41. The number of anilines is 1. The number of methoxy groups -OCH3 is 1. The summed E-state index contributed by atoms with van der Waals surface area (Å²) in [5.41, 5.74) is 1.71. The van der Waals surface area contributed by atoms with Crippen molar-refractivity contribution in [2.24, 2.45) is 11.8 Å². The standard InChI is InChI=1S/C18H25N3O3/c1-12-4-5-16(24-3)15(10-12)19-17(22)13-11-14(13)18(23)21-8-6-20(2)7-9-21/h4-5,10,13-14H,6-9,11H2,1-3H3,(H,19,22). The van der Waals surface area contributed by atoms with Gasteiger partial charge in [0.1, 0.15) is 5.75 Å². The molecule has 6 heteroatoms. The van der Waals surface area contributed by atoms with Crippen LogP contribution in [0.15, 0.2) is 18.2 Å². The molecule has 1 N–H and O–H groups in total. The molecular weight excluding hydrogens is 306 g/mol. The molecule has 1 saturated heterocycles. The van der Waals surface area contributed by atoms with Crippen LogP contribution in [0.5, 0.6) is 5.75 Å². The van der Waals surface area contributed by atoms with Crippen molar-refractivity contribution in [1.82, 2.24) is 9.80 Å². The number of likely N-dealkylation sites (N-methyl/N-ethyl adjacent to an activating group) is 1. The zero-order valence-corrected chi connectivity index (χ0v) is 14.5. The van der Waals surface area contributed by atoms with E-state index in [1.54, 1.807) is 7.11 Å². The summed E-state index contributed by atoms with van der Waals surface area (Å²) in [6.07, 6.45) is 0.644. The summed E-state index contributed by atoms with van der Waals surface area (Å²) in [6.45, 7) is 5.27. The Bertz CT molecular complexity index is 638. The first kappa shape index (κ1) is 16.8. The summed E-state index contributed by atoms with van der Waals surface area (Å²) in [6, 6.07) is 5.66. The molecule has 2 atom stereocenters. The van der Waals surface area contributed by atoms with E-state index in [1.165, 1.54) is 0 Å². The number of carbonyl (C=O) groups is 2. The first-order chi connectivity index (χ1) is 11.5. The summed E-state index contributed by atoms with van der Waals surface area (Å²) in [4.78, 5) is 29.1. The number of rotatable bonds is 4. The lowest BCUT2D eigenvalue weighted by atomic mass is 10.2. The summed E-state index contributed by atoms with van der Waals surface area (Å²) in [7, 11) is 3.64. The fourth-order valence-corrected chi connectivity index (χ4v) is 3.16. The lowest BCUT2D eigenvalue weighted by Gasteiger charge is -2.32. The van der Waals surface area contributed by atoms with Crippen LogP contribution >= 0.6 is 0 Å². The van der Waals surface area contributed by atoms with E-state index in [0.717, 1.165) is 31.7 Å². The minimum atomic E-state index is -0.220. The Hall–Kier alpha value is -2.08. The molecule has 1 aliphatic carbocycles. The topological polar surface area (TPSA) is 61.9 Å². The lowest BCUT2D eigenvalue weighted by Crippen LogP contribution is -2.48. The van der Waals surface area contributed by atoms with Crippen LogP contribution in [0.4, 0.5) is 5.69 Å². The van der Waals surface area contributed by atoms with Crippen LogP contribution in [0.2, 0.25) is 0 Å². The van der Waals surface area contributed by atoms with Gasteiger partial charge >= 0.3 is 0 Å². The van der Waals surface area contributed by atoms with Crippen LogP contribution in [0.25, 0.3) is 0 Å². The minimum Gasteiger partial charge on any atom is -0.495 e. The molecule has 2 fully saturated rings. The number of benzene rings is 1. The van der Waals surface area contributed by atoms with Crippen molar-refractivity contribution in [3.63, 3.8) is 0 Å². The predicted octanol–water partition coefficient (Wildman–Crippen LogP) is 1.35. The molecule has 130 valence electrons. The van der Waals surface area contributed by atoms with Crippen LogP contribution in [0.1, 0.15) is 12.0 Å². The van der Waals surface area contributed by atoms with E-state index in [9.17, 15) is 9.59 Å². The van der Waals surface area contributed by atoms with Crippen molar-refractivity contribution in [3.8, 4) is 5.75 Å². The third kappa shape index (κ3) is 3.53. The van der Waals surface area contributed by atoms with E-state index >= 15 is 0 Å². The number of nitrogens with one attached hydrogen (secondary N) is 1. The minimum absolute atomic E-state index is 0.0913. The summed E-state index contributed by atoms with van der Waals surface area (Å²) in [5.74, 6) is 0.286. The summed E-state index contributed by atoms with van der Waals surface area (Å²) < 4.78 is 5.29. The Labute approximate surface area is 142 Å². The van der Waals surface area contributed by atoms with Crippen LogP contribution in [0, 0.1) is 18.8 Å². The van der Waals surface area contributed by atoms with Gasteiger partial charge in [0.25, 0.3) is 0 Å². The summed E-state index contributed by atoms with van der Waals surface area (Å²) in [5, 5.41) is 2.92. The second-order valence-corrected chi connectivity index (χ2v) is 6.77. The molecule has 2 aliphatic rings. The van der Waals surface area contributed by atoms with Crippen molar-refractivity contribution >= 4 is 17.5 Å². The number of hydrogen-bond donors (Lipinski definition) is 1. The largest absolute Gasteiger partial charge is 0.495 e. The molecule has 0 aromatic heterocycles. The van der Waals surface area contributed by atoms with E-state index in [1.807, 2.05) is 30.0 Å². The Kier molecular flexibility index (Phi) is 4.76. The highest BCUT2D eigenvalue weighted by atomic mass is 16.5. The van der Waals surface area contributed by atoms with Gasteiger partial charge in [-0.3, -0.25) is 9.59 Å². The van der Waals surface area contributed by atoms with E-state index in [4.69, 9.17) is 4.74 Å².